The lowest BCUT2D eigenvalue weighted by Gasteiger charge is -2.32. The molecule has 1 atom stereocenters. The monoisotopic (exact) mass is 474 g/mol. The zero-order valence-electron chi connectivity index (χ0n) is 18.0. The lowest BCUT2D eigenvalue weighted by atomic mass is 10.0. The van der Waals surface area contributed by atoms with Crippen molar-refractivity contribution in [3.8, 4) is 0 Å². The van der Waals surface area contributed by atoms with Gasteiger partial charge in [-0.1, -0.05) is 71.3 Å². The quantitative estimate of drug-likeness (QED) is 0.452. The maximum absolute atomic E-state index is 13.5. The van der Waals surface area contributed by atoms with Crippen LogP contribution in [0.2, 0.25) is 5.02 Å². The van der Waals surface area contributed by atoms with Gasteiger partial charge in [-0.15, -0.1) is 0 Å². The van der Waals surface area contributed by atoms with Crippen molar-refractivity contribution in [1.82, 2.24) is 25.5 Å². The molecule has 3 aromatic carbocycles. The van der Waals surface area contributed by atoms with Crippen molar-refractivity contribution in [2.75, 3.05) is 11.4 Å². The van der Waals surface area contributed by atoms with Crippen molar-refractivity contribution >= 4 is 29.2 Å². The van der Waals surface area contributed by atoms with Gasteiger partial charge in [0, 0.05) is 11.6 Å². The Morgan fingerprint density at radius 1 is 1.00 bits per heavy atom. The van der Waals surface area contributed by atoms with E-state index in [0.29, 0.717) is 17.5 Å². The summed E-state index contributed by atoms with van der Waals surface area (Å²) in [7, 11) is 0. The molecule has 0 spiro atoms. The summed E-state index contributed by atoms with van der Waals surface area (Å²) < 4.78 is 15.2. The summed E-state index contributed by atoms with van der Waals surface area (Å²) in [6.07, 6.45) is 1.96. The molecular formula is C25H20ClFN6O. The Morgan fingerprint density at radius 3 is 2.47 bits per heavy atom. The van der Waals surface area contributed by atoms with E-state index in [2.05, 4.69) is 20.8 Å². The predicted molar refractivity (Wildman–Crippen MR) is 127 cm³/mol. The van der Waals surface area contributed by atoms with Crippen LogP contribution >= 0.6 is 11.6 Å². The Morgan fingerprint density at radius 2 is 1.74 bits per heavy atom. The summed E-state index contributed by atoms with van der Waals surface area (Å²) in [5.74, 6) is -0.0924. The number of amides is 1. The molecule has 1 amide bonds. The number of tetrazole rings is 1. The van der Waals surface area contributed by atoms with Crippen LogP contribution in [0, 0.1) is 5.82 Å². The molecule has 0 saturated carbocycles. The third kappa shape index (κ3) is 4.53. The van der Waals surface area contributed by atoms with Crippen LogP contribution in [0.1, 0.15) is 22.7 Å². The van der Waals surface area contributed by atoms with Crippen LogP contribution in [0.15, 0.2) is 84.9 Å². The van der Waals surface area contributed by atoms with Gasteiger partial charge < -0.3 is 5.32 Å². The predicted octanol–water partition coefficient (Wildman–Crippen LogP) is 4.23. The molecule has 2 heterocycles. The zero-order valence-corrected chi connectivity index (χ0v) is 18.7. The number of carbonyl (C=O) groups excluding carboxylic acids is 1. The van der Waals surface area contributed by atoms with Gasteiger partial charge in [0.15, 0.2) is 0 Å². The van der Waals surface area contributed by atoms with Crippen LogP contribution in [0.5, 0.6) is 0 Å². The first-order valence-electron chi connectivity index (χ1n) is 10.7. The number of rotatable bonds is 6. The number of halogens is 2. The summed E-state index contributed by atoms with van der Waals surface area (Å²) in [6, 6.07) is 22.8. The maximum atomic E-state index is 13.5. The average Bonchev–Trinajstić information content (AvgIpc) is 3.35. The Balaban J connectivity index is 1.49. The van der Waals surface area contributed by atoms with Crippen LogP contribution in [0.3, 0.4) is 0 Å². The van der Waals surface area contributed by atoms with Crippen LogP contribution < -0.4 is 10.2 Å². The second-order valence-corrected chi connectivity index (χ2v) is 8.26. The van der Waals surface area contributed by atoms with Gasteiger partial charge in [0.05, 0.1) is 5.70 Å². The van der Waals surface area contributed by atoms with E-state index in [-0.39, 0.29) is 24.3 Å². The molecule has 7 nitrogen and oxygen atoms in total. The second kappa shape index (κ2) is 9.44. The first kappa shape index (κ1) is 21.8. The molecule has 0 fully saturated rings. The van der Waals surface area contributed by atoms with Crippen molar-refractivity contribution in [2.24, 2.45) is 0 Å². The van der Waals surface area contributed by atoms with Gasteiger partial charge >= 0.3 is 0 Å². The van der Waals surface area contributed by atoms with E-state index in [4.69, 9.17) is 11.6 Å². The van der Waals surface area contributed by atoms with Crippen LogP contribution in [-0.4, -0.2) is 32.7 Å². The van der Waals surface area contributed by atoms with E-state index in [9.17, 15) is 9.18 Å². The van der Waals surface area contributed by atoms with Crippen LogP contribution in [-0.2, 0) is 11.3 Å². The Labute approximate surface area is 200 Å². The van der Waals surface area contributed by atoms with E-state index < -0.39 is 0 Å². The minimum atomic E-state index is -0.375. The third-order valence-electron chi connectivity index (χ3n) is 5.57. The molecule has 1 aliphatic rings. The highest BCUT2D eigenvalue weighted by Gasteiger charge is 2.31. The third-order valence-corrected chi connectivity index (χ3v) is 5.82. The Bertz CT molecular complexity index is 1320. The van der Waals surface area contributed by atoms with Crippen molar-refractivity contribution in [3.05, 3.63) is 112 Å². The summed E-state index contributed by atoms with van der Waals surface area (Å²) in [5.41, 5.74) is 3.42. The van der Waals surface area contributed by atoms with Crippen LogP contribution in [0.4, 0.5) is 10.3 Å². The molecular weight excluding hydrogens is 455 g/mol. The number of aromatic nitrogens is 4. The van der Waals surface area contributed by atoms with Crippen molar-refractivity contribution in [2.45, 2.75) is 12.6 Å². The number of hydrogen-bond acceptors (Lipinski definition) is 5. The SMILES string of the molecule is O=C(CN1C(c2ccc(Cl)cc2)=CC(c2ccc(F)cc2)n2nnnc21)NCc1ccccc1. The normalized spacial score (nSPS) is 14.9. The first-order chi connectivity index (χ1) is 16.6. The number of benzene rings is 3. The summed E-state index contributed by atoms with van der Waals surface area (Å²) >= 11 is 6.10. The number of carbonyl (C=O) groups is 1. The molecule has 1 aliphatic heterocycles. The van der Waals surface area contributed by atoms with Gasteiger partial charge in [0.2, 0.25) is 5.91 Å². The Kier molecular flexibility index (Phi) is 6.05. The van der Waals surface area contributed by atoms with E-state index in [0.717, 1.165) is 22.4 Å². The van der Waals surface area contributed by atoms with Gasteiger partial charge in [0.25, 0.3) is 5.95 Å². The van der Waals surface area contributed by atoms with Crippen molar-refractivity contribution < 1.29 is 9.18 Å². The molecule has 34 heavy (non-hydrogen) atoms. The fourth-order valence-corrected chi connectivity index (χ4v) is 4.01. The molecule has 1 N–H and O–H groups in total. The number of fused-ring (bicyclic) bond motifs is 1. The van der Waals surface area contributed by atoms with Crippen molar-refractivity contribution in [1.29, 1.82) is 0 Å². The maximum Gasteiger partial charge on any atom is 0.251 e. The highest BCUT2D eigenvalue weighted by Crippen LogP contribution is 2.36. The molecule has 1 unspecified atom stereocenters. The van der Waals surface area contributed by atoms with E-state index in [1.54, 1.807) is 33.8 Å². The Hall–Kier alpha value is -4.04. The van der Waals surface area contributed by atoms with Gasteiger partial charge in [-0.3, -0.25) is 9.69 Å². The highest BCUT2D eigenvalue weighted by atomic mass is 35.5. The molecule has 1 aromatic heterocycles. The van der Waals surface area contributed by atoms with Crippen LogP contribution in [0.25, 0.3) is 5.70 Å². The average molecular weight is 475 g/mol. The standard InChI is InChI=1S/C25H20ClFN6O/c26-20-10-6-18(7-11-20)22-14-23(19-8-12-21(27)13-9-19)33-25(29-30-31-33)32(22)16-24(34)28-15-17-4-2-1-3-5-17/h1-14,23H,15-16H2,(H,28,34). The molecule has 170 valence electrons. The fourth-order valence-electron chi connectivity index (χ4n) is 3.89. The molecule has 0 radical (unpaired) electrons. The van der Waals surface area contributed by atoms with E-state index in [1.165, 1.54) is 12.1 Å². The first-order valence-corrected chi connectivity index (χ1v) is 11.1. The van der Waals surface area contributed by atoms with Gasteiger partial charge in [0.1, 0.15) is 18.4 Å². The number of nitrogens with zero attached hydrogens (tertiary/aromatic N) is 5. The minimum absolute atomic E-state index is 0.0117. The molecule has 0 aliphatic carbocycles. The topological polar surface area (TPSA) is 75.9 Å². The summed E-state index contributed by atoms with van der Waals surface area (Å²) in [5, 5.41) is 15.8. The van der Waals surface area contributed by atoms with E-state index in [1.807, 2.05) is 48.5 Å². The highest BCUT2D eigenvalue weighted by molar-refractivity contribution is 6.30. The van der Waals surface area contributed by atoms with E-state index >= 15 is 0 Å². The molecule has 0 saturated heterocycles. The molecule has 9 heteroatoms. The fraction of sp³-hybridized carbons (Fsp3) is 0.120. The number of hydrogen-bond donors (Lipinski definition) is 1. The molecule has 4 aromatic rings. The number of anilines is 1. The lowest BCUT2D eigenvalue weighted by Crippen LogP contribution is -2.39. The minimum Gasteiger partial charge on any atom is -0.350 e. The lowest BCUT2D eigenvalue weighted by molar-refractivity contribution is -0.119. The largest absolute Gasteiger partial charge is 0.350 e. The second-order valence-electron chi connectivity index (χ2n) is 7.83. The summed E-state index contributed by atoms with van der Waals surface area (Å²) in [4.78, 5) is 14.7. The smallest absolute Gasteiger partial charge is 0.251 e. The summed E-state index contributed by atoms with van der Waals surface area (Å²) in [6.45, 7) is 0.425. The van der Waals surface area contributed by atoms with Gasteiger partial charge in [-0.2, -0.15) is 4.68 Å². The van der Waals surface area contributed by atoms with Gasteiger partial charge in [-0.25, -0.2) is 4.39 Å². The molecule has 0 bridgehead atoms. The molecule has 5 rings (SSSR count). The number of nitrogens with one attached hydrogen (secondary N) is 1. The van der Waals surface area contributed by atoms with Gasteiger partial charge in [-0.05, 0) is 57.5 Å². The van der Waals surface area contributed by atoms with Crippen molar-refractivity contribution in [3.63, 3.8) is 0 Å². The number of allylic oxidation sites excluding steroid dienone is 1. The zero-order chi connectivity index (χ0) is 23.5.